The number of aromatic nitrogens is 1. The number of ether oxygens (including phenoxy) is 1. The average molecular weight is 461 g/mol. The monoisotopic (exact) mass is 461 g/mol. The number of pyridine rings is 1. The number of nitrogens with zero attached hydrogens (tertiary/aromatic N) is 3. The molecule has 0 atom stereocenters. The van der Waals surface area contributed by atoms with Crippen LogP contribution in [0.3, 0.4) is 0 Å². The molecular weight excluding hydrogens is 429 g/mol. The van der Waals surface area contributed by atoms with E-state index in [0.717, 1.165) is 31.4 Å². The molecule has 0 spiro atoms. The third-order valence-electron chi connectivity index (χ3n) is 4.41. The van der Waals surface area contributed by atoms with Crippen LogP contribution < -0.4 is 15.5 Å². The van der Waals surface area contributed by atoms with E-state index in [4.69, 9.17) is 4.74 Å². The second kappa shape index (κ2) is 10.8. The summed E-state index contributed by atoms with van der Waals surface area (Å²) in [4.78, 5) is 11.2. The Morgan fingerprint density at radius 1 is 1.28 bits per heavy atom. The van der Waals surface area contributed by atoms with Crippen molar-refractivity contribution in [2.75, 3.05) is 38.7 Å². The van der Waals surface area contributed by atoms with Gasteiger partial charge in [-0.1, -0.05) is 0 Å². The van der Waals surface area contributed by atoms with Crippen LogP contribution >= 0.6 is 24.0 Å². The second-order valence-electron chi connectivity index (χ2n) is 6.81. The summed E-state index contributed by atoms with van der Waals surface area (Å²) in [5, 5.41) is 6.65. The molecule has 25 heavy (non-hydrogen) atoms. The molecule has 0 saturated carbocycles. The molecule has 0 aliphatic carbocycles. The van der Waals surface area contributed by atoms with Crippen molar-refractivity contribution < 1.29 is 4.74 Å². The molecule has 0 radical (unpaired) electrons. The zero-order valence-electron chi connectivity index (χ0n) is 15.8. The van der Waals surface area contributed by atoms with Crippen LogP contribution in [-0.2, 0) is 11.3 Å². The van der Waals surface area contributed by atoms with Crippen molar-refractivity contribution in [2.24, 2.45) is 4.99 Å². The van der Waals surface area contributed by atoms with Gasteiger partial charge in [0.2, 0.25) is 0 Å². The van der Waals surface area contributed by atoms with Crippen LogP contribution in [0.15, 0.2) is 23.3 Å². The van der Waals surface area contributed by atoms with Crippen LogP contribution in [-0.4, -0.2) is 50.3 Å². The molecule has 142 valence electrons. The fraction of sp³-hybridized carbons (Fsp3) is 0.667. The predicted molar refractivity (Wildman–Crippen MR) is 115 cm³/mol. The van der Waals surface area contributed by atoms with Crippen molar-refractivity contribution in [1.29, 1.82) is 0 Å². The highest BCUT2D eigenvalue weighted by atomic mass is 127. The van der Waals surface area contributed by atoms with Crippen LogP contribution in [0.4, 0.5) is 5.82 Å². The Balaban J connectivity index is 0.00000312. The van der Waals surface area contributed by atoms with Crippen LogP contribution in [0, 0.1) is 0 Å². The third-order valence-corrected chi connectivity index (χ3v) is 4.41. The van der Waals surface area contributed by atoms with Gasteiger partial charge in [-0.3, -0.25) is 4.99 Å². The molecular formula is C18H32IN5O. The van der Waals surface area contributed by atoms with E-state index in [1.165, 1.54) is 24.8 Å². The Labute approximate surface area is 168 Å². The van der Waals surface area contributed by atoms with Crippen LogP contribution in [0.25, 0.3) is 0 Å². The Kier molecular flexibility index (Phi) is 9.48. The number of hydrogen-bond acceptors (Lipinski definition) is 4. The summed E-state index contributed by atoms with van der Waals surface area (Å²) in [5.74, 6) is 1.86. The number of hydrogen-bond donors (Lipinski definition) is 2. The summed E-state index contributed by atoms with van der Waals surface area (Å²) in [6.45, 7) is 7.72. The number of halogens is 1. The second-order valence-corrected chi connectivity index (χ2v) is 6.81. The van der Waals surface area contributed by atoms with E-state index in [1.54, 1.807) is 14.2 Å². The summed E-state index contributed by atoms with van der Waals surface area (Å²) in [6, 6.07) is 4.22. The summed E-state index contributed by atoms with van der Waals surface area (Å²) in [5.41, 5.74) is 0.981. The lowest BCUT2D eigenvalue weighted by atomic mass is 10.1. The Morgan fingerprint density at radius 2 is 2.00 bits per heavy atom. The molecule has 0 bridgehead atoms. The minimum atomic E-state index is -0.226. The quantitative estimate of drug-likeness (QED) is 0.388. The van der Waals surface area contributed by atoms with Gasteiger partial charge in [-0.05, 0) is 50.8 Å². The first kappa shape index (κ1) is 22.0. The van der Waals surface area contributed by atoms with Gasteiger partial charge in [0.05, 0.1) is 5.60 Å². The molecule has 6 nitrogen and oxygen atoms in total. The van der Waals surface area contributed by atoms with Crippen LogP contribution in [0.2, 0.25) is 0 Å². The zero-order valence-corrected chi connectivity index (χ0v) is 18.2. The number of rotatable bonds is 6. The van der Waals surface area contributed by atoms with Gasteiger partial charge in [0.25, 0.3) is 0 Å². The largest absolute Gasteiger partial charge is 0.377 e. The lowest BCUT2D eigenvalue weighted by Crippen LogP contribution is -2.45. The normalized spacial score (nSPS) is 15.5. The topological polar surface area (TPSA) is 61.8 Å². The van der Waals surface area contributed by atoms with Gasteiger partial charge >= 0.3 is 0 Å². The molecule has 2 rings (SSSR count). The Morgan fingerprint density at radius 3 is 2.64 bits per heavy atom. The summed E-state index contributed by atoms with van der Waals surface area (Å²) < 4.78 is 5.42. The van der Waals surface area contributed by atoms with E-state index in [-0.39, 0.29) is 29.6 Å². The molecule has 1 aromatic heterocycles. The van der Waals surface area contributed by atoms with E-state index < -0.39 is 0 Å². The molecule has 2 N–H and O–H groups in total. The van der Waals surface area contributed by atoms with Crippen molar-refractivity contribution in [3.63, 3.8) is 0 Å². The Bertz CT molecular complexity index is 544. The van der Waals surface area contributed by atoms with Crippen LogP contribution in [0.1, 0.15) is 38.7 Å². The first-order chi connectivity index (χ1) is 11.5. The zero-order chi connectivity index (χ0) is 17.4. The SMILES string of the molecule is CN=C(NCc1ccnc(N2CCCCC2)c1)NCC(C)(C)OC.I. The molecule has 2 heterocycles. The number of methoxy groups -OCH3 is 1. The molecule has 1 aromatic rings. The summed E-state index contributed by atoms with van der Waals surface area (Å²) in [7, 11) is 3.50. The molecule has 1 aliphatic heterocycles. The maximum Gasteiger partial charge on any atom is 0.191 e. The highest BCUT2D eigenvalue weighted by Crippen LogP contribution is 2.18. The smallest absolute Gasteiger partial charge is 0.191 e. The maximum atomic E-state index is 5.42. The fourth-order valence-corrected chi connectivity index (χ4v) is 2.64. The first-order valence-corrected chi connectivity index (χ1v) is 8.73. The average Bonchev–Trinajstić information content (AvgIpc) is 2.63. The molecule has 0 unspecified atom stereocenters. The molecule has 0 amide bonds. The molecule has 0 aromatic carbocycles. The predicted octanol–water partition coefficient (Wildman–Crippen LogP) is 2.78. The van der Waals surface area contributed by atoms with Gasteiger partial charge in [0, 0.05) is 46.5 Å². The van der Waals surface area contributed by atoms with E-state index >= 15 is 0 Å². The lowest BCUT2D eigenvalue weighted by Gasteiger charge is -2.28. The Hall–Kier alpha value is -1.09. The standard InChI is InChI=1S/C18H31N5O.HI/c1-18(2,24-4)14-22-17(19-3)21-13-15-8-9-20-16(12-15)23-10-6-5-7-11-23;/h8-9,12H,5-7,10-11,13-14H2,1-4H3,(H2,19,21,22);1H. The van der Waals surface area contributed by atoms with E-state index in [0.29, 0.717) is 6.54 Å². The van der Waals surface area contributed by atoms with Gasteiger partial charge in [-0.2, -0.15) is 0 Å². The number of anilines is 1. The summed E-state index contributed by atoms with van der Waals surface area (Å²) >= 11 is 0. The van der Waals surface area contributed by atoms with E-state index in [1.807, 2.05) is 26.1 Å². The fourth-order valence-electron chi connectivity index (χ4n) is 2.64. The van der Waals surface area contributed by atoms with Gasteiger partial charge < -0.3 is 20.3 Å². The molecule has 1 fully saturated rings. The van der Waals surface area contributed by atoms with Crippen molar-refractivity contribution in [1.82, 2.24) is 15.6 Å². The number of nitrogens with one attached hydrogen (secondary N) is 2. The minimum Gasteiger partial charge on any atom is -0.377 e. The highest BCUT2D eigenvalue weighted by molar-refractivity contribution is 14.0. The lowest BCUT2D eigenvalue weighted by molar-refractivity contribution is 0.0268. The van der Waals surface area contributed by atoms with Crippen molar-refractivity contribution in [2.45, 2.75) is 45.3 Å². The van der Waals surface area contributed by atoms with E-state index in [2.05, 4.69) is 31.6 Å². The van der Waals surface area contributed by atoms with Gasteiger partial charge in [0.15, 0.2) is 5.96 Å². The number of aliphatic imine (C=N–C) groups is 1. The van der Waals surface area contributed by atoms with Gasteiger partial charge in [-0.15, -0.1) is 24.0 Å². The molecule has 1 saturated heterocycles. The van der Waals surface area contributed by atoms with Crippen molar-refractivity contribution >= 4 is 35.8 Å². The molecule has 7 heteroatoms. The number of piperidine rings is 1. The van der Waals surface area contributed by atoms with Crippen molar-refractivity contribution in [3.8, 4) is 0 Å². The minimum absolute atomic E-state index is 0. The highest BCUT2D eigenvalue weighted by Gasteiger charge is 2.16. The van der Waals surface area contributed by atoms with Gasteiger partial charge in [-0.25, -0.2) is 4.98 Å². The van der Waals surface area contributed by atoms with Crippen molar-refractivity contribution in [3.05, 3.63) is 23.9 Å². The number of guanidine groups is 1. The van der Waals surface area contributed by atoms with Crippen LogP contribution in [0.5, 0.6) is 0 Å². The van der Waals surface area contributed by atoms with E-state index in [9.17, 15) is 0 Å². The maximum absolute atomic E-state index is 5.42. The first-order valence-electron chi connectivity index (χ1n) is 8.73. The third kappa shape index (κ3) is 7.35. The van der Waals surface area contributed by atoms with Gasteiger partial charge in [0.1, 0.15) is 5.82 Å². The summed E-state index contributed by atoms with van der Waals surface area (Å²) in [6.07, 6.45) is 5.74. The molecule has 1 aliphatic rings.